The van der Waals surface area contributed by atoms with Crippen LogP contribution in [0, 0.1) is 42.9 Å². The molecule has 2 aromatic rings. The van der Waals surface area contributed by atoms with Crippen LogP contribution >= 0.6 is 0 Å². The molecular formula is C25H33N3O. The van der Waals surface area contributed by atoms with Gasteiger partial charge in [0.25, 0.3) is 0 Å². The van der Waals surface area contributed by atoms with E-state index in [9.17, 15) is 0 Å². The molecule has 0 N–H and O–H groups in total. The van der Waals surface area contributed by atoms with Crippen molar-refractivity contribution in [3.05, 3.63) is 47.4 Å². The van der Waals surface area contributed by atoms with E-state index in [1.807, 2.05) is 12.1 Å². The predicted molar refractivity (Wildman–Crippen MR) is 118 cm³/mol. The topological polar surface area (TPSA) is 42.2 Å². The zero-order valence-electron chi connectivity index (χ0n) is 18.4. The molecule has 0 saturated heterocycles. The van der Waals surface area contributed by atoms with Gasteiger partial charge in [0, 0.05) is 18.5 Å². The number of aryl methyl sites for hydroxylation is 1. The fourth-order valence-corrected chi connectivity index (χ4v) is 4.43. The van der Waals surface area contributed by atoms with Crippen molar-refractivity contribution in [2.24, 2.45) is 23.7 Å². The first-order valence-corrected chi connectivity index (χ1v) is 10.6. The predicted octanol–water partition coefficient (Wildman–Crippen LogP) is 5.01. The van der Waals surface area contributed by atoms with Gasteiger partial charge < -0.3 is 4.42 Å². The van der Waals surface area contributed by atoms with E-state index < -0.39 is 0 Å². The van der Waals surface area contributed by atoms with Gasteiger partial charge in [0.1, 0.15) is 0 Å². The number of hydrogen-bond donors (Lipinski definition) is 0. The van der Waals surface area contributed by atoms with Gasteiger partial charge in [0.2, 0.25) is 11.8 Å². The van der Waals surface area contributed by atoms with Crippen molar-refractivity contribution in [2.75, 3.05) is 20.1 Å². The Morgan fingerprint density at radius 3 is 2.59 bits per heavy atom. The van der Waals surface area contributed by atoms with Crippen LogP contribution in [0.1, 0.15) is 38.6 Å². The molecule has 4 nitrogen and oxygen atoms in total. The van der Waals surface area contributed by atoms with Crippen LogP contribution in [0.3, 0.4) is 0 Å². The molecule has 1 aliphatic carbocycles. The molecule has 4 heteroatoms. The number of aromatic nitrogens is 2. The van der Waals surface area contributed by atoms with Crippen molar-refractivity contribution >= 4 is 0 Å². The summed E-state index contributed by atoms with van der Waals surface area (Å²) in [7, 11) is 2.11. The van der Waals surface area contributed by atoms with Gasteiger partial charge >= 0.3 is 0 Å². The Kier molecular flexibility index (Phi) is 6.92. The summed E-state index contributed by atoms with van der Waals surface area (Å²) in [5, 5.41) is 8.60. The lowest BCUT2D eigenvalue weighted by molar-refractivity contribution is 0.183. The van der Waals surface area contributed by atoms with Crippen LogP contribution in [-0.4, -0.2) is 35.2 Å². The lowest BCUT2D eigenvalue weighted by Crippen LogP contribution is -2.35. The normalized spacial score (nSPS) is 22.0. The molecule has 1 heterocycles. The van der Waals surface area contributed by atoms with Crippen LogP contribution in [0.25, 0.3) is 11.5 Å². The minimum absolute atomic E-state index is 0.447. The SMILES string of the molecule is C#CCN(C)CC1C=C(C)C(Cc2nnc(-c3ccc(C)cc3)o2)CC1C(C)C. The lowest BCUT2D eigenvalue weighted by atomic mass is 9.69. The molecule has 154 valence electrons. The third kappa shape index (κ3) is 5.36. The van der Waals surface area contributed by atoms with Gasteiger partial charge in [-0.05, 0) is 63.1 Å². The number of terminal acetylenes is 1. The van der Waals surface area contributed by atoms with E-state index in [0.717, 1.165) is 30.8 Å². The third-order valence-electron chi connectivity index (χ3n) is 6.15. The van der Waals surface area contributed by atoms with Crippen molar-refractivity contribution in [2.45, 2.75) is 40.5 Å². The summed E-state index contributed by atoms with van der Waals surface area (Å²) in [5.41, 5.74) is 3.62. The maximum Gasteiger partial charge on any atom is 0.247 e. The first-order valence-electron chi connectivity index (χ1n) is 10.6. The molecule has 0 saturated carbocycles. The summed E-state index contributed by atoms with van der Waals surface area (Å²) >= 11 is 0. The highest BCUT2D eigenvalue weighted by molar-refractivity contribution is 5.52. The molecule has 0 spiro atoms. The monoisotopic (exact) mass is 391 g/mol. The van der Waals surface area contributed by atoms with Gasteiger partial charge in [-0.3, -0.25) is 4.90 Å². The zero-order chi connectivity index (χ0) is 21.0. The number of benzene rings is 1. The summed E-state index contributed by atoms with van der Waals surface area (Å²) in [4.78, 5) is 2.25. The van der Waals surface area contributed by atoms with Crippen molar-refractivity contribution in [1.29, 1.82) is 0 Å². The van der Waals surface area contributed by atoms with Gasteiger partial charge in [-0.25, -0.2) is 0 Å². The number of nitrogens with zero attached hydrogens (tertiary/aromatic N) is 3. The Morgan fingerprint density at radius 1 is 1.21 bits per heavy atom. The molecule has 3 atom stereocenters. The average molecular weight is 392 g/mol. The molecular weight excluding hydrogens is 358 g/mol. The fraction of sp³-hybridized carbons (Fsp3) is 0.520. The highest BCUT2D eigenvalue weighted by Gasteiger charge is 2.33. The Labute approximate surface area is 175 Å². The van der Waals surface area contributed by atoms with Crippen molar-refractivity contribution in [3.8, 4) is 23.8 Å². The Bertz CT molecular complexity index is 872. The highest BCUT2D eigenvalue weighted by atomic mass is 16.4. The Morgan fingerprint density at radius 2 is 1.93 bits per heavy atom. The molecule has 0 aliphatic heterocycles. The van der Waals surface area contributed by atoms with E-state index in [4.69, 9.17) is 10.8 Å². The maximum absolute atomic E-state index is 6.00. The van der Waals surface area contributed by atoms with E-state index in [2.05, 4.69) is 74.0 Å². The van der Waals surface area contributed by atoms with Crippen molar-refractivity contribution < 1.29 is 4.42 Å². The van der Waals surface area contributed by atoms with Crippen LogP contribution in [0.5, 0.6) is 0 Å². The van der Waals surface area contributed by atoms with Gasteiger partial charge in [0.15, 0.2) is 0 Å². The van der Waals surface area contributed by atoms with Crippen LogP contribution in [-0.2, 0) is 6.42 Å². The van der Waals surface area contributed by atoms with Crippen LogP contribution < -0.4 is 0 Å². The smallest absolute Gasteiger partial charge is 0.247 e. The second kappa shape index (κ2) is 9.41. The molecule has 3 unspecified atom stereocenters. The molecule has 0 amide bonds. The fourth-order valence-electron chi connectivity index (χ4n) is 4.43. The standard InChI is InChI=1S/C25H33N3O/c1-7-12-28(6)16-22-13-19(5)21(14-23(22)17(2)3)15-24-26-27-25(29-24)20-10-8-18(4)9-11-20/h1,8-11,13,17,21-23H,12,14-16H2,2-6H3. The number of rotatable bonds is 7. The first-order chi connectivity index (χ1) is 13.9. The summed E-state index contributed by atoms with van der Waals surface area (Å²) in [6.07, 6.45) is 9.90. The second-order valence-corrected chi connectivity index (χ2v) is 8.89. The summed E-state index contributed by atoms with van der Waals surface area (Å²) in [5.74, 6) is 6.31. The molecule has 1 aromatic carbocycles. The lowest BCUT2D eigenvalue weighted by Gasteiger charge is -2.38. The third-order valence-corrected chi connectivity index (χ3v) is 6.15. The largest absolute Gasteiger partial charge is 0.421 e. The van der Waals surface area contributed by atoms with Gasteiger partial charge in [-0.15, -0.1) is 16.6 Å². The first kappa shape index (κ1) is 21.3. The van der Waals surface area contributed by atoms with Crippen LogP contribution in [0.4, 0.5) is 0 Å². The van der Waals surface area contributed by atoms with Crippen LogP contribution in [0.2, 0.25) is 0 Å². The summed E-state index contributed by atoms with van der Waals surface area (Å²) in [6, 6.07) is 8.20. The minimum atomic E-state index is 0.447. The molecule has 29 heavy (non-hydrogen) atoms. The summed E-state index contributed by atoms with van der Waals surface area (Å²) < 4.78 is 6.00. The number of hydrogen-bond acceptors (Lipinski definition) is 4. The molecule has 1 aliphatic rings. The van der Waals surface area contributed by atoms with E-state index >= 15 is 0 Å². The van der Waals surface area contributed by atoms with E-state index in [1.54, 1.807) is 0 Å². The van der Waals surface area contributed by atoms with Gasteiger partial charge in [-0.2, -0.15) is 0 Å². The van der Waals surface area contributed by atoms with E-state index in [1.165, 1.54) is 11.1 Å². The van der Waals surface area contributed by atoms with Crippen molar-refractivity contribution in [1.82, 2.24) is 15.1 Å². The minimum Gasteiger partial charge on any atom is -0.421 e. The van der Waals surface area contributed by atoms with E-state index in [-0.39, 0.29) is 0 Å². The quantitative estimate of drug-likeness (QED) is 0.492. The second-order valence-electron chi connectivity index (χ2n) is 8.89. The highest BCUT2D eigenvalue weighted by Crippen LogP contribution is 2.39. The maximum atomic E-state index is 6.00. The van der Waals surface area contributed by atoms with Gasteiger partial charge in [-0.1, -0.05) is 49.1 Å². The summed E-state index contributed by atoms with van der Waals surface area (Å²) in [6.45, 7) is 10.7. The van der Waals surface area contributed by atoms with Crippen LogP contribution in [0.15, 0.2) is 40.3 Å². The Balaban J connectivity index is 1.73. The molecule has 3 rings (SSSR count). The van der Waals surface area contributed by atoms with E-state index in [0.29, 0.717) is 36.1 Å². The molecule has 0 radical (unpaired) electrons. The number of allylic oxidation sites excluding steroid dienone is 1. The van der Waals surface area contributed by atoms with Gasteiger partial charge in [0.05, 0.1) is 6.54 Å². The molecule has 0 fully saturated rings. The Hall–Kier alpha value is -2.38. The zero-order valence-corrected chi connectivity index (χ0v) is 18.4. The molecule has 1 aromatic heterocycles. The van der Waals surface area contributed by atoms with Crippen molar-refractivity contribution in [3.63, 3.8) is 0 Å². The molecule has 0 bridgehead atoms. The average Bonchev–Trinajstić information content (AvgIpc) is 3.13.